The summed E-state index contributed by atoms with van der Waals surface area (Å²) in [6, 6.07) is 7.93. The summed E-state index contributed by atoms with van der Waals surface area (Å²) in [5.41, 5.74) is 3.11. The predicted molar refractivity (Wildman–Crippen MR) is 116 cm³/mol. The Morgan fingerprint density at radius 2 is 2.25 bits per heavy atom. The molecule has 0 fully saturated rings. The monoisotopic (exact) mass is 448 g/mol. The third kappa shape index (κ3) is 2.79. The Kier molecular flexibility index (Phi) is 4.22. The zero-order valence-electron chi connectivity index (χ0n) is 16.9. The number of rotatable bonds is 3. The summed E-state index contributed by atoms with van der Waals surface area (Å²) in [4.78, 5) is 27.7. The number of H-pyrrole nitrogens is 1. The number of fused-ring (bicyclic) bond motifs is 3. The number of methoxy groups -OCH3 is 1. The van der Waals surface area contributed by atoms with Gasteiger partial charge < -0.3 is 14.6 Å². The summed E-state index contributed by atoms with van der Waals surface area (Å²) in [7, 11) is 1.58. The highest BCUT2D eigenvalue weighted by atomic mass is 32.1. The lowest BCUT2D eigenvalue weighted by Gasteiger charge is -2.33. The van der Waals surface area contributed by atoms with Crippen LogP contribution >= 0.6 is 11.3 Å². The zero-order chi connectivity index (χ0) is 21.8. The fourth-order valence-corrected chi connectivity index (χ4v) is 5.30. The summed E-state index contributed by atoms with van der Waals surface area (Å²) in [5.74, 6) is 0.0702. The third-order valence-corrected chi connectivity index (χ3v) is 6.84. The van der Waals surface area contributed by atoms with Crippen molar-refractivity contribution in [1.82, 2.24) is 29.5 Å². The summed E-state index contributed by atoms with van der Waals surface area (Å²) in [5, 5.41) is 4.94. The van der Waals surface area contributed by atoms with Crippen molar-refractivity contribution < 1.29 is 13.9 Å². The van der Waals surface area contributed by atoms with Gasteiger partial charge in [-0.25, -0.2) is 18.9 Å². The molecule has 160 valence electrons. The number of carbonyl (C=O) groups excluding carboxylic acids is 1. The van der Waals surface area contributed by atoms with Crippen molar-refractivity contribution in [1.29, 1.82) is 0 Å². The van der Waals surface area contributed by atoms with Crippen LogP contribution in [0.15, 0.2) is 49.1 Å². The van der Waals surface area contributed by atoms with E-state index in [1.54, 1.807) is 53.4 Å². The number of ether oxygens (including phenoxy) is 1. The molecule has 1 aliphatic rings. The molecule has 5 heterocycles. The van der Waals surface area contributed by atoms with E-state index >= 15 is 0 Å². The van der Waals surface area contributed by atoms with Crippen molar-refractivity contribution in [2.24, 2.45) is 0 Å². The Hall–Kier alpha value is -3.79. The highest BCUT2D eigenvalue weighted by Gasteiger charge is 2.37. The molecule has 1 aliphatic heterocycles. The number of nitrogens with zero attached hydrogens (tertiary/aromatic N) is 5. The van der Waals surface area contributed by atoms with Crippen molar-refractivity contribution in [2.75, 3.05) is 13.7 Å². The zero-order valence-corrected chi connectivity index (χ0v) is 17.8. The molecule has 1 aromatic carbocycles. The van der Waals surface area contributed by atoms with E-state index in [4.69, 9.17) is 4.74 Å². The molecule has 1 atom stereocenters. The SMILES string of the molecule is COc1ccn2ncc(C(=O)N3CCc4[nH]cnc4[C@H]3c3nc4c(F)cccc4s3)c2c1. The molecule has 0 unspecified atom stereocenters. The Bertz CT molecular complexity index is 1490. The van der Waals surface area contributed by atoms with Crippen molar-refractivity contribution in [3.63, 3.8) is 0 Å². The average Bonchev–Trinajstić information content (AvgIpc) is 3.55. The van der Waals surface area contributed by atoms with Gasteiger partial charge in [-0.15, -0.1) is 11.3 Å². The van der Waals surface area contributed by atoms with Crippen LogP contribution < -0.4 is 4.74 Å². The van der Waals surface area contributed by atoms with E-state index in [0.717, 1.165) is 16.1 Å². The van der Waals surface area contributed by atoms with Crippen molar-refractivity contribution in [3.8, 4) is 5.75 Å². The van der Waals surface area contributed by atoms with Gasteiger partial charge in [0.05, 0.1) is 41.1 Å². The quantitative estimate of drug-likeness (QED) is 0.456. The van der Waals surface area contributed by atoms with Gasteiger partial charge in [0.25, 0.3) is 5.91 Å². The van der Waals surface area contributed by atoms with E-state index in [1.807, 2.05) is 6.07 Å². The van der Waals surface area contributed by atoms with Crippen LogP contribution in [0.25, 0.3) is 15.7 Å². The minimum Gasteiger partial charge on any atom is -0.497 e. The first-order chi connectivity index (χ1) is 15.6. The third-order valence-electron chi connectivity index (χ3n) is 5.77. The lowest BCUT2D eigenvalue weighted by atomic mass is 10.0. The lowest BCUT2D eigenvalue weighted by Crippen LogP contribution is -2.40. The summed E-state index contributed by atoms with van der Waals surface area (Å²) < 4.78 is 22.0. The summed E-state index contributed by atoms with van der Waals surface area (Å²) in [6.45, 7) is 0.471. The van der Waals surface area contributed by atoms with Gasteiger partial charge in [-0.2, -0.15) is 5.10 Å². The molecule has 10 heteroatoms. The number of aromatic amines is 1. The number of halogens is 1. The highest BCUT2D eigenvalue weighted by molar-refractivity contribution is 7.18. The molecule has 1 amide bonds. The number of para-hydroxylation sites is 1. The van der Waals surface area contributed by atoms with Crippen LogP contribution in [0, 0.1) is 5.82 Å². The molecule has 0 saturated carbocycles. The normalized spacial score (nSPS) is 15.9. The molecule has 0 saturated heterocycles. The van der Waals surface area contributed by atoms with Gasteiger partial charge in [0.15, 0.2) is 0 Å². The number of hydrogen-bond acceptors (Lipinski definition) is 6. The second-order valence-electron chi connectivity index (χ2n) is 7.51. The largest absolute Gasteiger partial charge is 0.497 e. The molecular formula is C22H17FN6O2S. The Morgan fingerprint density at radius 3 is 3.09 bits per heavy atom. The number of hydrogen-bond donors (Lipinski definition) is 1. The highest BCUT2D eigenvalue weighted by Crippen LogP contribution is 2.39. The van der Waals surface area contributed by atoms with E-state index in [9.17, 15) is 9.18 Å². The molecule has 1 N–H and O–H groups in total. The molecule has 5 aromatic rings. The predicted octanol–water partition coefficient (Wildman–Crippen LogP) is 3.60. The summed E-state index contributed by atoms with van der Waals surface area (Å²) >= 11 is 1.37. The van der Waals surface area contributed by atoms with E-state index in [2.05, 4.69) is 20.1 Å². The number of aromatic nitrogens is 5. The fraction of sp³-hybridized carbons (Fsp3) is 0.182. The Morgan fingerprint density at radius 1 is 1.34 bits per heavy atom. The topological polar surface area (TPSA) is 88.4 Å². The van der Waals surface area contributed by atoms with Gasteiger partial charge in [-0.3, -0.25) is 4.79 Å². The van der Waals surface area contributed by atoms with Crippen LogP contribution in [0.2, 0.25) is 0 Å². The molecule has 0 spiro atoms. The molecule has 0 bridgehead atoms. The number of pyridine rings is 1. The Labute approximate surface area is 185 Å². The maximum absolute atomic E-state index is 14.3. The number of thiazole rings is 1. The van der Waals surface area contributed by atoms with E-state index in [-0.39, 0.29) is 11.7 Å². The van der Waals surface area contributed by atoms with Crippen LogP contribution in [-0.2, 0) is 6.42 Å². The van der Waals surface area contributed by atoms with Crippen LogP contribution in [0.4, 0.5) is 4.39 Å². The second-order valence-corrected chi connectivity index (χ2v) is 8.57. The molecule has 0 radical (unpaired) electrons. The van der Waals surface area contributed by atoms with Crippen LogP contribution in [0.1, 0.15) is 32.8 Å². The average molecular weight is 448 g/mol. The van der Waals surface area contributed by atoms with Gasteiger partial charge in [0, 0.05) is 30.9 Å². The van der Waals surface area contributed by atoms with Gasteiger partial charge in [0.1, 0.15) is 28.1 Å². The Balaban J connectivity index is 1.49. The standard InChI is InChI=1S/C22H17FN6O2S/c1-31-12-5-8-29-16(9-12)13(10-26-29)22(30)28-7-6-15-19(25-11-24-15)20(28)21-27-18-14(23)3-2-4-17(18)32-21/h2-5,8-11,20H,6-7H2,1H3,(H,24,25)/t20-/m0/s1. The molecule has 4 aromatic heterocycles. The van der Waals surface area contributed by atoms with Crippen molar-refractivity contribution in [3.05, 3.63) is 76.8 Å². The molecule has 32 heavy (non-hydrogen) atoms. The number of nitrogens with one attached hydrogen (secondary N) is 1. The second kappa shape index (κ2) is 7.13. The molecule has 6 rings (SSSR count). The first-order valence-electron chi connectivity index (χ1n) is 10.0. The van der Waals surface area contributed by atoms with Gasteiger partial charge in [-0.1, -0.05) is 6.07 Å². The van der Waals surface area contributed by atoms with Crippen LogP contribution in [0.3, 0.4) is 0 Å². The lowest BCUT2D eigenvalue weighted by molar-refractivity contribution is 0.0692. The number of imidazole rings is 1. The molecule has 8 nitrogen and oxygen atoms in total. The van der Waals surface area contributed by atoms with E-state index in [0.29, 0.717) is 40.3 Å². The van der Waals surface area contributed by atoms with Crippen LogP contribution in [0.5, 0.6) is 5.75 Å². The smallest absolute Gasteiger partial charge is 0.258 e. The van der Waals surface area contributed by atoms with Gasteiger partial charge >= 0.3 is 0 Å². The first kappa shape index (κ1) is 18.9. The maximum Gasteiger partial charge on any atom is 0.258 e. The number of benzene rings is 1. The summed E-state index contributed by atoms with van der Waals surface area (Å²) in [6.07, 6.45) is 5.58. The molecule has 0 aliphatic carbocycles. The van der Waals surface area contributed by atoms with Crippen molar-refractivity contribution >= 4 is 33.0 Å². The minimum absolute atomic E-state index is 0.188. The molecular weight excluding hydrogens is 431 g/mol. The van der Waals surface area contributed by atoms with Gasteiger partial charge in [-0.05, 0) is 18.2 Å². The number of amides is 1. The first-order valence-corrected chi connectivity index (χ1v) is 10.8. The maximum atomic E-state index is 14.3. The van der Waals surface area contributed by atoms with E-state index < -0.39 is 6.04 Å². The minimum atomic E-state index is -0.519. The van der Waals surface area contributed by atoms with Crippen LogP contribution in [-0.4, -0.2) is 49.0 Å². The van der Waals surface area contributed by atoms with E-state index in [1.165, 1.54) is 17.4 Å². The fourth-order valence-electron chi connectivity index (χ4n) is 4.20. The van der Waals surface area contributed by atoms with Crippen molar-refractivity contribution in [2.45, 2.75) is 12.5 Å². The number of carbonyl (C=O) groups is 1. The van der Waals surface area contributed by atoms with Gasteiger partial charge in [0.2, 0.25) is 0 Å².